The predicted octanol–water partition coefficient (Wildman–Crippen LogP) is 4.11. The second kappa shape index (κ2) is 9.06. The zero-order chi connectivity index (χ0) is 20.1. The number of rotatable bonds is 6. The van der Waals surface area contributed by atoms with Crippen molar-refractivity contribution >= 4 is 17.3 Å². The van der Waals surface area contributed by atoms with Crippen LogP contribution in [-0.4, -0.2) is 38.8 Å². The van der Waals surface area contributed by atoms with Crippen LogP contribution in [-0.2, 0) is 9.53 Å². The van der Waals surface area contributed by atoms with Gasteiger partial charge in [0.2, 0.25) is 0 Å². The molecule has 6 heteroatoms. The van der Waals surface area contributed by atoms with Gasteiger partial charge in [-0.2, -0.15) is 0 Å². The first-order chi connectivity index (χ1) is 13.4. The number of carbonyl (C=O) groups is 1. The number of morpholine rings is 1. The quantitative estimate of drug-likeness (QED) is 0.812. The first kappa shape index (κ1) is 20.1. The van der Waals surface area contributed by atoms with Crippen molar-refractivity contribution < 1.29 is 18.7 Å². The van der Waals surface area contributed by atoms with Gasteiger partial charge in [0.05, 0.1) is 18.9 Å². The van der Waals surface area contributed by atoms with Crippen molar-refractivity contribution in [1.82, 2.24) is 0 Å². The van der Waals surface area contributed by atoms with Crippen LogP contribution in [0, 0.1) is 12.7 Å². The summed E-state index contributed by atoms with van der Waals surface area (Å²) in [4.78, 5) is 14.2. The van der Waals surface area contributed by atoms with E-state index in [0.717, 1.165) is 11.1 Å². The molecule has 1 amide bonds. The molecule has 1 fully saturated rings. The average Bonchev–Trinajstić information content (AvgIpc) is 2.68. The molecule has 1 heterocycles. The van der Waals surface area contributed by atoms with Crippen LogP contribution in [0.4, 0.5) is 15.8 Å². The molecule has 28 heavy (non-hydrogen) atoms. The summed E-state index contributed by atoms with van der Waals surface area (Å²) in [5, 5.41) is 2.69. The van der Waals surface area contributed by atoms with E-state index in [-0.39, 0.29) is 18.3 Å². The molecule has 2 aromatic carbocycles. The molecule has 150 valence electrons. The highest BCUT2D eigenvalue weighted by atomic mass is 19.1. The molecule has 0 saturated carbocycles. The van der Waals surface area contributed by atoms with Crippen LogP contribution in [0.2, 0.25) is 0 Å². The van der Waals surface area contributed by atoms with E-state index < -0.39 is 0 Å². The van der Waals surface area contributed by atoms with E-state index in [0.29, 0.717) is 49.3 Å². The zero-order valence-corrected chi connectivity index (χ0v) is 16.6. The van der Waals surface area contributed by atoms with E-state index in [2.05, 4.69) is 25.2 Å². The minimum atomic E-state index is -0.360. The van der Waals surface area contributed by atoms with Gasteiger partial charge >= 0.3 is 0 Å². The number of benzene rings is 2. The molecule has 1 saturated heterocycles. The van der Waals surface area contributed by atoms with E-state index >= 15 is 0 Å². The van der Waals surface area contributed by atoms with Gasteiger partial charge in [0.25, 0.3) is 5.91 Å². The fraction of sp³-hybridized carbons (Fsp3) is 0.409. The molecule has 2 aromatic rings. The summed E-state index contributed by atoms with van der Waals surface area (Å²) in [7, 11) is 0. The number of anilines is 2. The standard InChI is InChI=1S/C22H27FN2O3/c1-15(2)17-5-4-16(3)21(12-17)28-14-22(26)24-18-6-7-20(19(23)13-18)25-8-10-27-11-9-25/h4-7,12-13,15H,8-11,14H2,1-3H3,(H,24,26). The second-order valence-corrected chi connectivity index (χ2v) is 7.28. The summed E-state index contributed by atoms with van der Waals surface area (Å²) >= 11 is 0. The van der Waals surface area contributed by atoms with Crippen molar-refractivity contribution in [2.45, 2.75) is 26.7 Å². The SMILES string of the molecule is Cc1ccc(C(C)C)cc1OCC(=O)Nc1ccc(N2CCOCC2)c(F)c1. The molecule has 0 radical (unpaired) electrons. The lowest BCUT2D eigenvalue weighted by molar-refractivity contribution is -0.118. The van der Waals surface area contributed by atoms with Crippen molar-refractivity contribution in [2.75, 3.05) is 43.1 Å². The third-order valence-corrected chi connectivity index (χ3v) is 4.82. The van der Waals surface area contributed by atoms with Gasteiger partial charge in [0.15, 0.2) is 6.61 Å². The molecule has 1 aliphatic heterocycles. The first-order valence-corrected chi connectivity index (χ1v) is 9.59. The molecule has 0 unspecified atom stereocenters. The molecule has 1 N–H and O–H groups in total. The van der Waals surface area contributed by atoms with E-state index in [1.165, 1.54) is 6.07 Å². The summed E-state index contributed by atoms with van der Waals surface area (Å²) in [6.07, 6.45) is 0. The van der Waals surface area contributed by atoms with Gasteiger partial charge < -0.3 is 19.7 Å². The number of amides is 1. The molecule has 5 nitrogen and oxygen atoms in total. The minimum absolute atomic E-state index is 0.130. The van der Waals surface area contributed by atoms with E-state index in [4.69, 9.17) is 9.47 Å². The average molecular weight is 386 g/mol. The maximum atomic E-state index is 14.4. The number of aryl methyl sites for hydroxylation is 1. The van der Waals surface area contributed by atoms with Crippen LogP contribution in [0.25, 0.3) is 0 Å². The van der Waals surface area contributed by atoms with Gasteiger partial charge in [-0.15, -0.1) is 0 Å². The lowest BCUT2D eigenvalue weighted by Gasteiger charge is -2.29. The molecule has 0 atom stereocenters. The van der Waals surface area contributed by atoms with Crippen molar-refractivity contribution in [3.05, 3.63) is 53.3 Å². The Bertz CT molecular complexity index is 833. The first-order valence-electron chi connectivity index (χ1n) is 9.59. The summed E-state index contributed by atoms with van der Waals surface area (Å²) in [6, 6.07) is 10.7. The molecule has 0 spiro atoms. The lowest BCUT2D eigenvalue weighted by atomic mass is 10.0. The number of nitrogens with one attached hydrogen (secondary N) is 1. The smallest absolute Gasteiger partial charge is 0.262 e. The van der Waals surface area contributed by atoms with Gasteiger partial charge in [0, 0.05) is 18.8 Å². The largest absolute Gasteiger partial charge is 0.483 e. The molecule has 0 bridgehead atoms. The van der Waals surface area contributed by atoms with Crippen LogP contribution in [0.3, 0.4) is 0 Å². The Balaban J connectivity index is 1.59. The Hall–Kier alpha value is -2.60. The summed E-state index contributed by atoms with van der Waals surface area (Å²) in [6.45, 7) is 8.52. The van der Waals surface area contributed by atoms with Crippen LogP contribution >= 0.6 is 0 Å². The third-order valence-electron chi connectivity index (χ3n) is 4.82. The van der Waals surface area contributed by atoms with E-state index in [1.807, 2.05) is 24.0 Å². The summed E-state index contributed by atoms with van der Waals surface area (Å²) < 4.78 is 25.4. The number of hydrogen-bond donors (Lipinski definition) is 1. The highest BCUT2D eigenvalue weighted by Gasteiger charge is 2.16. The Morgan fingerprint density at radius 2 is 1.96 bits per heavy atom. The van der Waals surface area contributed by atoms with E-state index in [9.17, 15) is 9.18 Å². The van der Waals surface area contributed by atoms with Crippen molar-refractivity contribution in [2.24, 2.45) is 0 Å². The molecular weight excluding hydrogens is 359 g/mol. The third kappa shape index (κ3) is 5.01. The monoisotopic (exact) mass is 386 g/mol. The Labute approximate surface area is 165 Å². The van der Waals surface area contributed by atoms with E-state index in [1.54, 1.807) is 12.1 Å². The fourth-order valence-electron chi connectivity index (χ4n) is 3.12. The second-order valence-electron chi connectivity index (χ2n) is 7.28. The van der Waals surface area contributed by atoms with Crippen LogP contribution in [0.15, 0.2) is 36.4 Å². The number of hydrogen-bond acceptors (Lipinski definition) is 4. The molecule has 0 aromatic heterocycles. The van der Waals surface area contributed by atoms with Gasteiger partial charge in [-0.05, 0) is 48.2 Å². The normalized spacial score (nSPS) is 14.2. The zero-order valence-electron chi connectivity index (χ0n) is 16.6. The Morgan fingerprint density at radius 1 is 1.21 bits per heavy atom. The molecule has 3 rings (SSSR count). The Kier molecular flexibility index (Phi) is 6.52. The minimum Gasteiger partial charge on any atom is -0.483 e. The van der Waals surface area contributed by atoms with Gasteiger partial charge in [0.1, 0.15) is 11.6 Å². The summed E-state index contributed by atoms with van der Waals surface area (Å²) in [5.74, 6) is 0.383. The highest BCUT2D eigenvalue weighted by Crippen LogP contribution is 2.25. The number of ether oxygens (including phenoxy) is 2. The van der Waals surface area contributed by atoms with Gasteiger partial charge in [-0.1, -0.05) is 26.0 Å². The summed E-state index contributed by atoms with van der Waals surface area (Å²) in [5.41, 5.74) is 3.06. The van der Waals surface area contributed by atoms with Gasteiger partial charge in [-0.3, -0.25) is 4.79 Å². The number of carbonyl (C=O) groups excluding carboxylic acids is 1. The molecule has 1 aliphatic rings. The van der Waals surface area contributed by atoms with Crippen LogP contribution < -0.4 is 15.0 Å². The highest BCUT2D eigenvalue weighted by molar-refractivity contribution is 5.92. The lowest BCUT2D eigenvalue weighted by Crippen LogP contribution is -2.36. The maximum absolute atomic E-state index is 14.4. The predicted molar refractivity (Wildman–Crippen MR) is 109 cm³/mol. The number of nitrogens with zero attached hydrogens (tertiary/aromatic N) is 1. The van der Waals surface area contributed by atoms with Crippen LogP contribution in [0.1, 0.15) is 30.9 Å². The molecule has 0 aliphatic carbocycles. The topological polar surface area (TPSA) is 50.8 Å². The van der Waals surface area contributed by atoms with Crippen molar-refractivity contribution in [1.29, 1.82) is 0 Å². The van der Waals surface area contributed by atoms with Crippen molar-refractivity contribution in [3.8, 4) is 5.75 Å². The fourth-order valence-corrected chi connectivity index (χ4v) is 3.12. The van der Waals surface area contributed by atoms with Crippen LogP contribution in [0.5, 0.6) is 5.75 Å². The van der Waals surface area contributed by atoms with Gasteiger partial charge in [-0.25, -0.2) is 4.39 Å². The number of halogens is 1. The van der Waals surface area contributed by atoms with Crippen molar-refractivity contribution in [3.63, 3.8) is 0 Å². The molecular formula is C22H27FN2O3. The maximum Gasteiger partial charge on any atom is 0.262 e. The Morgan fingerprint density at radius 3 is 2.64 bits per heavy atom.